The van der Waals surface area contributed by atoms with Crippen molar-refractivity contribution in [1.82, 2.24) is 19.4 Å². The predicted molar refractivity (Wildman–Crippen MR) is 107 cm³/mol. The Kier molecular flexibility index (Phi) is 5.41. The van der Waals surface area contributed by atoms with Crippen molar-refractivity contribution in [2.45, 2.75) is 44.2 Å². The lowest BCUT2D eigenvalue weighted by atomic mass is 9.94. The van der Waals surface area contributed by atoms with Crippen molar-refractivity contribution in [3.05, 3.63) is 67.4 Å². The van der Waals surface area contributed by atoms with Crippen molar-refractivity contribution < 1.29 is 9.84 Å². The number of ether oxygens (including phenoxy) is 1. The van der Waals surface area contributed by atoms with Crippen LogP contribution < -0.4 is 4.74 Å². The van der Waals surface area contributed by atoms with E-state index in [0.717, 1.165) is 24.1 Å². The number of aromatic nitrogens is 3. The van der Waals surface area contributed by atoms with Gasteiger partial charge in [0.15, 0.2) is 0 Å². The fourth-order valence-corrected chi connectivity index (χ4v) is 3.81. The van der Waals surface area contributed by atoms with Crippen molar-refractivity contribution in [2.75, 3.05) is 7.05 Å². The number of para-hydroxylation sites is 1. The molecule has 2 aromatic heterocycles. The molecule has 3 aromatic rings. The molecule has 0 bridgehead atoms. The molecule has 1 fully saturated rings. The molecule has 1 aromatic carbocycles. The van der Waals surface area contributed by atoms with Crippen LogP contribution in [0, 0.1) is 0 Å². The summed E-state index contributed by atoms with van der Waals surface area (Å²) >= 11 is 0. The zero-order valence-corrected chi connectivity index (χ0v) is 16.1. The molecular weight excluding hydrogens is 352 g/mol. The van der Waals surface area contributed by atoms with E-state index in [-0.39, 0.29) is 6.04 Å². The lowest BCUT2D eigenvalue weighted by molar-refractivity contribution is -0.312. The topological polar surface area (TPSA) is 63.4 Å². The number of benzene rings is 1. The average Bonchev–Trinajstić information content (AvgIpc) is 3.26. The fraction of sp³-hybridized carbons (Fsp3) is 0.364. The summed E-state index contributed by atoms with van der Waals surface area (Å²) in [5.74, 6) is 0.601. The Morgan fingerprint density at radius 3 is 2.61 bits per heavy atom. The molecule has 1 unspecified atom stereocenters. The first kappa shape index (κ1) is 18.7. The van der Waals surface area contributed by atoms with Crippen LogP contribution in [0.25, 0.3) is 11.3 Å². The van der Waals surface area contributed by atoms with Gasteiger partial charge in [-0.25, -0.2) is 9.88 Å². The molecule has 1 aliphatic carbocycles. The molecule has 1 aliphatic rings. The molecule has 0 radical (unpaired) electrons. The van der Waals surface area contributed by atoms with Crippen LogP contribution in [0.4, 0.5) is 0 Å². The Morgan fingerprint density at radius 1 is 1.11 bits per heavy atom. The number of nitrogens with zero attached hydrogens (tertiary/aromatic N) is 4. The van der Waals surface area contributed by atoms with Gasteiger partial charge in [0, 0.05) is 30.2 Å². The predicted octanol–water partition coefficient (Wildman–Crippen LogP) is 3.85. The van der Waals surface area contributed by atoms with E-state index in [1.807, 2.05) is 54.4 Å². The fourth-order valence-electron chi connectivity index (χ4n) is 3.81. The van der Waals surface area contributed by atoms with Crippen LogP contribution in [0.1, 0.15) is 32.1 Å². The Labute approximate surface area is 165 Å². The van der Waals surface area contributed by atoms with Crippen LogP contribution in [0.3, 0.4) is 0 Å². The number of hydrogen-bond donors (Lipinski definition) is 1. The van der Waals surface area contributed by atoms with Gasteiger partial charge in [-0.15, -0.1) is 0 Å². The standard InChI is InChI=1S/C22H26N4O2/c1-25(19-10-4-2-5-11-19)22(27,28-20-12-6-3-7-13-20)26-16-21(24-17-26)18-9-8-14-23-15-18/h3,6-9,12-17,19,27H,2,4-5,10-11H2,1H3. The maximum absolute atomic E-state index is 11.7. The molecule has 0 spiro atoms. The minimum Gasteiger partial charge on any atom is -0.432 e. The summed E-state index contributed by atoms with van der Waals surface area (Å²) in [5.41, 5.74) is 1.63. The van der Waals surface area contributed by atoms with Crippen molar-refractivity contribution in [3.8, 4) is 17.0 Å². The van der Waals surface area contributed by atoms with E-state index in [4.69, 9.17) is 4.74 Å². The van der Waals surface area contributed by atoms with E-state index < -0.39 is 6.03 Å². The molecule has 1 saturated carbocycles. The highest BCUT2D eigenvalue weighted by Gasteiger charge is 2.41. The highest BCUT2D eigenvalue weighted by atomic mass is 16.7. The maximum atomic E-state index is 11.7. The third kappa shape index (κ3) is 3.79. The summed E-state index contributed by atoms with van der Waals surface area (Å²) in [6, 6.07) is 11.8. The number of imidazole rings is 1. The number of rotatable bonds is 6. The molecule has 6 heteroatoms. The highest BCUT2D eigenvalue weighted by molar-refractivity contribution is 5.56. The largest absolute Gasteiger partial charge is 0.432 e. The van der Waals surface area contributed by atoms with E-state index in [0.29, 0.717) is 5.75 Å². The van der Waals surface area contributed by atoms with Gasteiger partial charge in [0.05, 0.1) is 5.69 Å². The Balaban J connectivity index is 1.69. The van der Waals surface area contributed by atoms with Crippen LogP contribution in [-0.4, -0.2) is 37.6 Å². The van der Waals surface area contributed by atoms with Gasteiger partial charge in [-0.05, 0) is 44.2 Å². The average molecular weight is 378 g/mol. The summed E-state index contributed by atoms with van der Waals surface area (Å²) < 4.78 is 7.78. The second kappa shape index (κ2) is 8.12. The van der Waals surface area contributed by atoms with Gasteiger partial charge in [-0.1, -0.05) is 37.5 Å². The Morgan fingerprint density at radius 2 is 1.89 bits per heavy atom. The SMILES string of the molecule is CN(C1CCCCC1)C(O)(Oc1ccccc1)n1cnc(-c2cccnc2)c1. The van der Waals surface area contributed by atoms with E-state index in [2.05, 4.69) is 9.97 Å². The summed E-state index contributed by atoms with van der Waals surface area (Å²) in [6.07, 6.45) is 12.6. The van der Waals surface area contributed by atoms with E-state index in [1.165, 1.54) is 19.3 Å². The van der Waals surface area contributed by atoms with Gasteiger partial charge in [-0.2, -0.15) is 0 Å². The first-order valence-corrected chi connectivity index (χ1v) is 9.81. The first-order chi connectivity index (χ1) is 13.7. The minimum atomic E-state index is -1.67. The zero-order valence-electron chi connectivity index (χ0n) is 16.1. The van der Waals surface area contributed by atoms with E-state index in [9.17, 15) is 5.11 Å². The van der Waals surface area contributed by atoms with Crippen LogP contribution in [0.2, 0.25) is 0 Å². The normalized spacial score (nSPS) is 17.4. The summed E-state index contributed by atoms with van der Waals surface area (Å²) in [4.78, 5) is 10.6. The molecule has 0 saturated heterocycles. The van der Waals surface area contributed by atoms with Crippen molar-refractivity contribution in [3.63, 3.8) is 0 Å². The van der Waals surface area contributed by atoms with Crippen LogP contribution >= 0.6 is 0 Å². The lowest BCUT2D eigenvalue weighted by Crippen LogP contribution is -2.57. The number of hydrogen-bond acceptors (Lipinski definition) is 5. The third-order valence-corrected chi connectivity index (χ3v) is 5.46. The molecule has 1 N–H and O–H groups in total. The molecule has 0 amide bonds. The van der Waals surface area contributed by atoms with Gasteiger partial charge in [0.2, 0.25) is 0 Å². The minimum absolute atomic E-state index is 0.242. The molecule has 1 atom stereocenters. The highest BCUT2D eigenvalue weighted by Crippen LogP contribution is 2.31. The molecule has 28 heavy (non-hydrogen) atoms. The molecule has 146 valence electrons. The summed E-state index contributed by atoms with van der Waals surface area (Å²) in [6.45, 7) is 0. The van der Waals surface area contributed by atoms with Crippen LogP contribution in [-0.2, 0) is 6.03 Å². The molecular formula is C22H26N4O2. The van der Waals surface area contributed by atoms with Crippen molar-refractivity contribution >= 4 is 0 Å². The second-order valence-electron chi connectivity index (χ2n) is 7.30. The molecule has 0 aliphatic heterocycles. The number of pyridine rings is 1. The third-order valence-electron chi connectivity index (χ3n) is 5.46. The van der Waals surface area contributed by atoms with E-state index >= 15 is 0 Å². The molecule has 2 heterocycles. The van der Waals surface area contributed by atoms with Crippen molar-refractivity contribution in [2.24, 2.45) is 0 Å². The Hall–Kier alpha value is -2.70. The summed E-state index contributed by atoms with van der Waals surface area (Å²) in [7, 11) is 1.92. The van der Waals surface area contributed by atoms with E-state index in [1.54, 1.807) is 29.5 Å². The second-order valence-corrected chi connectivity index (χ2v) is 7.30. The van der Waals surface area contributed by atoms with Crippen molar-refractivity contribution in [1.29, 1.82) is 0 Å². The van der Waals surface area contributed by atoms with Gasteiger partial charge < -0.3 is 9.84 Å². The smallest absolute Gasteiger partial charge is 0.367 e. The number of aliphatic hydroxyl groups is 1. The molecule has 6 nitrogen and oxygen atoms in total. The van der Waals surface area contributed by atoms with Gasteiger partial charge >= 0.3 is 6.03 Å². The van der Waals surface area contributed by atoms with Crippen LogP contribution in [0.15, 0.2) is 67.4 Å². The maximum Gasteiger partial charge on any atom is 0.367 e. The summed E-state index contributed by atoms with van der Waals surface area (Å²) in [5, 5.41) is 11.7. The Bertz CT molecular complexity index is 878. The lowest BCUT2D eigenvalue weighted by Gasteiger charge is -2.42. The zero-order chi connectivity index (χ0) is 19.4. The van der Waals surface area contributed by atoms with Gasteiger partial charge in [-0.3, -0.25) is 9.55 Å². The van der Waals surface area contributed by atoms with Gasteiger partial charge in [0.1, 0.15) is 12.1 Å². The monoisotopic (exact) mass is 378 g/mol. The first-order valence-electron chi connectivity index (χ1n) is 9.81. The van der Waals surface area contributed by atoms with Gasteiger partial charge in [0.25, 0.3) is 0 Å². The molecule has 4 rings (SSSR count). The quantitative estimate of drug-likeness (QED) is 0.660. The van der Waals surface area contributed by atoms with Crippen LogP contribution in [0.5, 0.6) is 5.75 Å².